The van der Waals surface area contributed by atoms with Gasteiger partial charge in [0.15, 0.2) is 0 Å². The number of nitrogens with one attached hydrogen (secondary N) is 1. The molecule has 2 heterocycles. The zero-order valence-corrected chi connectivity index (χ0v) is 15.4. The third kappa shape index (κ3) is 3.93. The van der Waals surface area contributed by atoms with E-state index in [1.807, 2.05) is 0 Å². The van der Waals surface area contributed by atoms with E-state index in [1.54, 1.807) is 19.0 Å². The molecule has 1 fully saturated rings. The van der Waals surface area contributed by atoms with Gasteiger partial charge in [0.05, 0.1) is 0 Å². The number of carbonyl (C=O) groups excluding carboxylic acids is 2. The molecule has 138 valence electrons. The number of amides is 2. The third-order valence-electron chi connectivity index (χ3n) is 5.52. The SMILES string of the molecule is CN1CCC2=C(CC(C(=O)N[C@@H]3C[C@@H](C(=O)N(C)C)CC[C@@H]3N)=N2)C1. The number of hydrogen-bond acceptors (Lipinski definition) is 5. The Bertz CT molecular complexity index is 625. The Balaban J connectivity index is 1.60. The van der Waals surface area contributed by atoms with Gasteiger partial charge in [-0.15, -0.1) is 0 Å². The molecule has 0 aromatic rings. The van der Waals surface area contributed by atoms with Gasteiger partial charge < -0.3 is 20.9 Å². The molecule has 3 N–H and O–H groups in total. The molecule has 25 heavy (non-hydrogen) atoms. The number of rotatable bonds is 3. The van der Waals surface area contributed by atoms with Crippen molar-refractivity contribution in [3.8, 4) is 0 Å². The van der Waals surface area contributed by atoms with E-state index >= 15 is 0 Å². The number of hydrogen-bond donors (Lipinski definition) is 2. The molecule has 0 unspecified atom stereocenters. The average Bonchev–Trinajstić information content (AvgIpc) is 2.99. The standard InChI is InChI=1S/C18H29N5O2/c1-22(2)18(25)11-4-5-13(19)15(8-11)21-17(24)16-9-12-10-23(3)7-6-14(12)20-16/h11,13,15H,4-10,19H2,1-3H3,(H,21,24)/t11-,13-,15+/m0/s1. The Hall–Kier alpha value is -1.73. The Kier molecular flexibility index (Phi) is 5.24. The highest BCUT2D eigenvalue weighted by atomic mass is 16.2. The Morgan fingerprint density at radius 2 is 2.08 bits per heavy atom. The molecule has 0 aromatic heterocycles. The van der Waals surface area contributed by atoms with E-state index in [2.05, 4.69) is 22.3 Å². The van der Waals surface area contributed by atoms with Crippen molar-refractivity contribution in [3.05, 3.63) is 11.3 Å². The van der Waals surface area contributed by atoms with Crippen LogP contribution in [0.3, 0.4) is 0 Å². The maximum atomic E-state index is 12.7. The molecule has 0 spiro atoms. The molecule has 7 nitrogen and oxygen atoms in total. The summed E-state index contributed by atoms with van der Waals surface area (Å²) < 4.78 is 0. The van der Waals surface area contributed by atoms with Crippen LogP contribution in [0.1, 0.15) is 32.1 Å². The van der Waals surface area contributed by atoms with Crippen LogP contribution in [0.4, 0.5) is 0 Å². The topological polar surface area (TPSA) is 91.0 Å². The minimum atomic E-state index is -0.168. The summed E-state index contributed by atoms with van der Waals surface area (Å²) >= 11 is 0. The summed E-state index contributed by atoms with van der Waals surface area (Å²) in [5.74, 6) is -0.0782. The molecule has 3 aliphatic rings. The van der Waals surface area contributed by atoms with Crippen LogP contribution in [0, 0.1) is 5.92 Å². The molecule has 3 rings (SSSR count). The summed E-state index contributed by atoms with van der Waals surface area (Å²) in [5.41, 5.74) is 9.13. The average molecular weight is 347 g/mol. The van der Waals surface area contributed by atoms with E-state index < -0.39 is 0 Å². The smallest absolute Gasteiger partial charge is 0.266 e. The molecule has 2 amide bonds. The maximum Gasteiger partial charge on any atom is 0.266 e. The quantitative estimate of drug-likeness (QED) is 0.759. The van der Waals surface area contributed by atoms with Gasteiger partial charge in [0.25, 0.3) is 5.91 Å². The molecule has 2 aliphatic heterocycles. The highest BCUT2D eigenvalue weighted by Crippen LogP contribution is 2.28. The molecule has 3 atom stereocenters. The molecule has 0 bridgehead atoms. The number of nitrogens with two attached hydrogens (primary N) is 1. The van der Waals surface area contributed by atoms with Gasteiger partial charge in [-0.1, -0.05) is 0 Å². The van der Waals surface area contributed by atoms with Crippen LogP contribution in [-0.4, -0.2) is 73.6 Å². The molecule has 0 radical (unpaired) electrons. The molecule has 0 aromatic carbocycles. The largest absolute Gasteiger partial charge is 0.349 e. The van der Waals surface area contributed by atoms with Crippen molar-refractivity contribution in [2.75, 3.05) is 34.2 Å². The van der Waals surface area contributed by atoms with E-state index in [-0.39, 0.29) is 29.8 Å². The van der Waals surface area contributed by atoms with Crippen molar-refractivity contribution in [2.24, 2.45) is 16.6 Å². The third-order valence-corrected chi connectivity index (χ3v) is 5.52. The number of nitrogens with zero attached hydrogens (tertiary/aromatic N) is 3. The van der Waals surface area contributed by atoms with Crippen LogP contribution in [0.15, 0.2) is 16.3 Å². The molecular formula is C18H29N5O2. The second kappa shape index (κ2) is 7.25. The van der Waals surface area contributed by atoms with Gasteiger partial charge in [-0.2, -0.15) is 0 Å². The lowest BCUT2D eigenvalue weighted by atomic mass is 9.82. The first-order chi connectivity index (χ1) is 11.8. The van der Waals surface area contributed by atoms with Crippen molar-refractivity contribution in [1.29, 1.82) is 0 Å². The molecular weight excluding hydrogens is 318 g/mol. The van der Waals surface area contributed by atoms with Gasteiger partial charge in [0.2, 0.25) is 5.91 Å². The van der Waals surface area contributed by atoms with E-state index in [0.717, 1.165) is 38.0 Å². The summed E-state index contributed by atoms with van der Waals surface area (Å²) in [4.78, 5) is 33.3. The van der Waals surface area contributed by atoms with Crippen molar-refractivity contribution in [1.82, 2.24) is 15.1 Å². The maximum absolute atomic E-state index is 12.7. The lowest BCUT2D eigenvalue weighted by Gasteiger charge is -2.34. The molecule has 0 saturated heterocycles. The van der Waals surface area contributed by atoms with Gasteiger partial charge in [0, 0.05) is 63.7 Å². The number of likely N-dealkylation sites (N-methyl/N-ethyl adjacent to an activating group) is 1. The summed E-state index contributed by atoms with van der Waals surface area (Å²) in [7, 11) is 5.63. The summed E-state index contributed by atoms with van der Waals surface area (Å²) in [6.45, 7) is 1.87. The minimum Gasteiger partial charge on any atom is -0.349 e. The lowest BCUT2D eigenvalue weighted by molar-refractivity contribution is -0.134. The van der Waals surface area contributed by atoms with Crippen molar-refractivity contribution in [2.45, 2.75) is 44.2 Å². The lowest BCUT2D eigenvalue weighted by Crippen LogP contribution is -2.54. The fraction of sp³-hybridized carbons (Fsp3) is 0.722. The molecule has 1 aliphatic carbocycles. The van der Waals surface area contributed by atoms with Gasteiger partial charge in [-0.3, -0.25) is 14.6 Å². The second-order valence-corrected chi connectivity index (χ2v) is 7.76. The van der Waals surface area contributed by atoms with Crippen molar-refractivity contribution < 1.29 is 9.59 Å². The van der Waals surface area contributed by atoms with Gasteiger partial charge in [0.1, 0.15) is 5.71 Å². The van der Waals surface area contributed by atoms with Gasteiger partial charge in [-0.25, -0.2) is 0 Å². The van der Waals surface area contributed by atoms with Crippen LogP contribution in [0.5, 0.6) is 0 Å². The Morgan fingerprint density at radius 3 is 2.80 bits per heavy atom. The van der Waals surface area contributed by atoms with Crippen LogP contribution < -0.4 is 11.1 Å². The van der Waals surface area contributed by atoms with Gasteiger partial charge >= 0.3 is 0 Å². The molecule has 1 saturated carbocycles. The zero-order chi connectivity index (χ0) is 18.1. The summed E-state index contributed by atoms with van der Waals surface area (Å²) in [5, 5.41) is 3.05. The predicted octanol–water partition coefficient (Wildman–Crippen LogP) is 0.121. The van der Waals surface area contributed by atoms with E-state index in [1.165, 1.54) is 5.57 Å². The summed E-state index contributed by atoms with van der Waals surface area (Å²) in [6, 6.07) is -0.274. The van der Waals surface area contributed by atoms with E-state index in [4.69, 9.17) is 5.73 Å². The monoisotopic (exact) mass is 347 g/mol. The van der Waals surface area contributed by atoms with Crippen molar-refractivity contribution >= 4 is 17.5 Å². The first-order valence-corrected chi connectivity index (χ1v) is 9.09. The Labute approximate surface area is 149 Å². The normalized spacial score (nSPS) is 29.9. The van der Waals surface area contributed by atoms with E-state index in [9.17, 15) is 9.59 Å². The van der Waals surface area contributed by atoms with Crippen LogP contribution in [-0.2, 0) is 9.59 Å². The van der Waals surface area contributed by atoms with E-state index in [0.29, 0.717) is 18.6 Å². The highest BCUT2D eigenvalue weighted by molar-refractivity contribution is 6.40. The van der Waals surface area contributed by atoms with Crippen LogP contribution in [0.25, 0.3) is 0 Å². The summed E-state index contributed by atoms with van der Waals surface area (Å²) in [6.07, 6.45) is 3.68. The fourth-order valence-corrected chi connectivity index (χ4v) is 4.00. The second-order valence-electron chi connectivity index (χ2n) is 7.76. The minimum absolute atomic E-state index is 0.0643. The first kappa shape index (κ1) is 18.1. The fourth-order valence-electron chi connectivity index (χ4n) is 4.00. The van der Waals surface area contributed by atoms with Gasteiger partial charge in [-0.05, 0) is 31.9 Å². The van der Waals surface area contributed by atoms with Crippen LogP contribution in [0.2, 0.25) is 0 Å². The number of carbonyl (C=O) groups is 2. The Morgan fingerprint density at radius 1 is 1.32 bits per heavy atom. The van der Waals surface area contributed by atoms with Crippen molar-refractivity contribution in [3.63, 3.8) is 0 Å². The van der Waals surface area contributed by atoms with Crippen LogP contribution >= 0.6 is 0 Å². The highest BCUT2D eigenvalue weighted by Gasteiger charge is 2.35. The number of aliphatic imine (C=N–C) groups is 1. The zero-order valence-electron chi connectivity index (χ0n) is 15.4. The molecule has 7 heteroatoms. The predicted molar refractivity (Wildman–Crippen MR) is 97.1 cm³/mol. The first-order valence-electron chi connectivity index (χ1n) is 9.09.